The number of carbonyl (C=O) groups is 1. The lowest BCUT2D eigenvalue weighted by molar-refractivity contribution is 0.262. The van der Waals surface area contributed by atoms with Crippen LogP contribution in [0.1, 0.15) is 11.1 Å². The molecule has 2 rings (SSSR count). The number of methoxy groups -OCH3 is 1. The number of nitrogens with zero attached hydrogens (tertiary/aromatic N) is 2. The van der Waals surface area contributed by atoms with E-state index in [0.29, 0.717) is 5.69 Å². The Morgan fingerprint density at radius 2 is 1.70 bits per heavy atom. The molecule has 0 fully saturated rings. The van der Waals surface area contributed by atoms with Crippen LogP contribution in [0.15, 0.2) is 30.6 Å². The standard InChI is InChI=1S/C14H16N4O2/c1-9-4-5-11(6-10(9)2)17-13(19)18-12-7-15-14(20-3)16-8-12/h4-8H,1-3H3,(H2,17,18,19). The van der Waals surface area contributed by atoms with Gasteiger partial charge in [-0.25, -0.2) is 14.8 Å². The van der Waals surface area contributed by atoms with Gasteiger partial charge >= 0.3 is 12.0 Å². The van der Waals surface area contributed by atoms with Gasteiger partial charge in [0.2, 0.25) is 0 Å². The summed E-state index contributed by atoms with van der Waals surface area (Å²) in [6, 6.07) is 5.64. The predicted octanol–water partition coefficient (Wildman–Crippen LogP) is 2.75. The lowest BCUT2D eigenvalue weighted by Crippen LogP contribution is -2.19. The molecule has 6 nitrogen and oxygen atoms in total. The Kier molecular flexibility index (Phi) is 4.14. The van der Waals surface area contributed by atoms with E-state index >= 15 is 0 Å². The number of aryl methyl sites for hydroxylation is 2. The molecular formula is C14H16N4O2. The smallest absolute Gasteiger partial charge is 0.323 e. The van der Waals surface area contributed by atoms with Gasteiger partial charge in [-0.05, 0) is 37.1 Å². The van der Waals surface area contributed by atoms with E-state index in [1.54, 1.807) is 0 Å². The number of hydrogen-bond acceptors (Lipinski definition) is 4. The minimum atomic E-state index is -0.345. The molecule has 20 heavy (non-hydrogen) atoms. The first-order chi connectivity index (χ1) is 9.58. The second kappa shape index (κ2) is 6.01. The van der Waals surface area contributed by atoms with E-state index in [9.17, 15) is 4.79 Å². The minimum absolute atomic E-state index is 0.255. The van der Waals surface area contributed by atoms with E-state index in [2.05, 4.69) is 20.6 Å². The summed E-state index contributed by atoms with van der Waals surface area (Å²) in [4.78, 5) is 19.6. The van der Waals surface area contributed by atoms with Crippen molar-refractivity contribution in [2.45, 2.75) is 13.8 Å². The molecule has 2 aromatic rings. The molecule has 0 atom stereocenters. The largest absolute Gasteiger partial charge is 0.467 e. The van der Waals surface area contributed by atoms with Crippen LogP contribution in [0.3, 0.4) is 0 Å². The van der Waals surface area contributed by atoms with Crippen molar-refractivity contribution in [3.63, 3.8) is 0 Å². The molecule has 0 saturated heterocycles. The van der Waals surface area contributed by atoms with Crippen molar-refractivity contribution < 1.29 is 9.53 Å². The second-order valence-corrected chi connectivity index (χ2v) is 4.34. The highest BCUT2D eigenvalue weighted by Gasteiger charge is 2.04. The molecular weight excluding hydrogens is 256 g/mol. The monoisotopic (exact) mass is 272 g/mol. The van der Waals surface area contributed by atoms with Crippen LogP contribution in [0.4, 0.5) is 16.2 Å². The maximum atomic E-state index is 11.8. The van der Waals surface area contributed by atoms with Gasteiger partial charge in [0.1, 0.15) is 0 Å². The van der Waals surface area contributed by atoms with Crippen molar-refractivity contribution in [3.8, 4) is 6.01 Å². The maximum absolute atomic E-state index is 11.8. The summed E-state index contributed by atoms with van der Waals surface area (Å²) in [6.07, 6.45) is 2.96. The van der Waals surface area contributed by atoms with E-state index in [-0.39, 0.29) is 12.0 Å². The SMILES string of the molecule is COc1ncc(NC(=O)Nc2ccc(C)c(C)c2)cn1. The molecule has 1 aromatic heterocycles. The number of urea groups is 1. The van der Waals surface area contributed by atoms with Gasteiger partial charge in [0.05, 0.1) is 25.2 Å². The van der Waals surface area contributed by atoms with Crippen LogP contribution in [0.2, 0.25) is 0 Å². The van der Waals surface area contributed by atoms with Crippen molar-refractivity contribution in [3.05, 3.63) is 41.7 Å². The fraction of sp³-hybridized carbons (Fsp3) is 0.214. The average molecular weight is 272 g/mol. The number of amides is 2. The van der Waals surface area contributed by atoms with Crippen molar-refractivity contribution >= 4 is 17.4 Å². The van der Waals surface area contributed by atoms with Gasteiger partial charge in [-0.2, -0.15) is 0 Å². The van der Waals surface area contributed by atoms with E-state index in [4.69, 9.17) is 4.74 Å². The summed E-state index contributed by atoms with van der Waals surface area (Å²) in [6.45, 7) is 4.02. The van der Waals surface area contributed by atoms with Crippen molar-refractivity contribution in [2.75, 3.05) is 17.7 Å². The zero-order valence-corrected chi connectivity index (χ0v) is 11.6. The summed E-state index contributed by atoms with van der Waals surface area (Å²) in [5, 5.41) is 5.40. The second-order valence-electron chi connectivity index (χ2n) is 4.34. The summed E-state index contributed by atoms with van der Waals surface area (Å²) < 4.78 is 4.84. The highest BCUT2D eigenvalue weighted by molar-refractivity contribution is 5.99. The van der Waals surface area contributed by atoms with Gasteiger partial charge < -0.3 is 15.4 Å². The molecule has 0 unspecified atom stereocenters. The van der Waals surface area contributed by atoms with Gasteiger partial charge in [-0.1, -0.05) is 6.07 Å². The van der Waals surface area contributed by atoms with Gasteiger partial charge in [-0.15, -0.1) is 0 Å². The first-order valence-electron chi connectivity index (χ1n) is 6.10. The average Bonchev–Trinajstić information content (AvgIpc) is 2.44. The first kappa shape index (κ1) is 13.8. The van der Waals surface area contributed by atoms with Crippen molar-refractivity contribution in [1.29, 1.82) is 0 Å². The van der Waals surface area contributed by atoms with Crippen LogP contribution in [-0.2, 0) is 0 Å². The Balaban J connectivity index is 1.99. The maximum Gasteiger partial charge on any atom is 0.323 e. The molecule has 6 heteroatoms. The summed E-state index contributed by atoms with van der Waals surface area (Å²) in [5.41, 5.74) is 3.53. The first-order valence-corrected chi connectivity index (χ1v) is 6.10. The van der Waals surface area contributed by atoms with Crippen LogP contribution >= 0.6 is 0 Å². The molecule has 104 valence electrons. The summed E-state index contributed by atoms with van der Waals surface area (Å²) in [5.74, 6) is 0. The van der Waals surface area contributed by atoms with Crippen LogP contribution < -0.4 is 15.4 Å². The lowest BCUT2D eigenvalue weighted by Gasteiger charge is -2.09. The third kappa shape index (κ3) is 3.44. The number of benzene rings is 1. The van der Waals surface area contributed by atoms with Gasteiger partial charge in [-0.3, -0.25) is 0 Å². The number of carbonyl (C=O) groups excluding carboxylic acids is 1. The highest BCUT2D eigenvalue weighted by Crippen LogP contribution is 2.14. The molecule has 0 bridgehead atoms. The third-order valence-corrected chi connectivity index (χ3v) is 2.83. The Morgan fingerprint density at radius 3 is 2.30 bits per heavy atom. The fourth-order valence-electron chi connectivity index (χ4n) is 1.60. The molecule has 0 aliphatic heterocycles. The third-order valence-electron chi connectivity index (χ3n) is 2.83. The van der Waals surface area contributed by atoms with Gasteiger partial charge in [0, 0.05) is 5.69 Å². The van der Waals surface area contributed by atoms with Crippen molar-refractivity contribution in [2.24, 2.45) is 0 Å². The normalized spacial score (nSPS) is 9.95. The van der Waals surface area contributed by atoms with Crippen molar-refractivity contribution in [1.82, 2.24) is 9.97 Å². The van der Waals surface area contributed by atoms with E-state index in [1.807, 2.05) is 32.0 Å². The number of anilines is 2. The quantitative estimate of drug-likeness (QED) is 0.900. The van der Waals surface area contributed by atoms with Crippen LogP contribution in [0.25, 0.3) is 0 Å². The summed E-state index contributed by atoms with van der Waals surface area (Å²) in [7, 11) is 1.48. The van der Waals surface area contributed by atoms with E-state index < -0.39 is 0 Å². The fourth-order valence-corrected chi connectivity index (χ4v) is 1.60. The minimum Gasteiger partial charge on any atom is -0.467 e. The Hall–Kier alpha value is -2.63. The molecule has 0 aliphatic rings. The number of rotatable bonds is 3. The van der Waals surface area contributed by atoms with Crippen LogP contribution in [0, 0.1) is 13.8 Å². The Labute approximate surface area is 117 Å². The number of hydrogen-bond donors (Lipinski definition) is 2. The molecule has 0 radical (unpaired) electrons. The number of aromatic nitrogens is 2. The zero-order valence-electron chi connectivity index (χ0n) is 11.6. The lowest BCUT2D eigenvalue weighted by atomic mass is 10.1. The molecule has 0 aliphatic carbocycles. The van der Waals surface area contributed by atoms with Crippen LogP contribution in [-0.4, -0.2) is 23.1 Å². The highest BCUT2D eigenvalue weighted by atomic mass is 16.5. The molecule has 1 aromatic carbocycles. The topological polar surface area (TPSA) is 76.1 Å². The molecule has 0 saturated carbocycles. The van der Waals surface area contributed by atoms with Gasteiger partial charge in [0.25, 0.3) is 0 Å². The zero-order chi connectivity index (χ0) is 14.5. The molecule has 1 heterocycles. The van der Waals surface area contributed by atoms with Gasteiger partial charge in [0.15, 0.2) is 0 Å². The van der Waals surface area contributed by atoms with E-state index in [1.165, 1.54) is 25.1 Å². The predicted molar refractivity (Wildman–Crippen MR) is 77.1 cm³/mol. The molecule has 0 spiro atoms. The number of ether oxygens (including phenoxy) is 1. The Morgan fingerprint density at radius 1 is 1.05 bits per heavy atom. The number of nitrogens with one attached hydrogen (secondary N) is 2. The van der Waals surface area contributed by atoms with Crippen LogP contribution in [0.5, 0.6) is 6.01 Å². The Bertz CT molecular complexity index is 611. The summed E-state index contributed by atoms with van der Waals surface area (Å²) >= 11 is 0. The molecule has 2 N–H and O–H groups in total. The molecule has 2 amide bonds. The van der Waals surface area contributed by atoms with E-state index in [0.717, 1.165) is 11.3 Å².